The number of hydrogen-bond acceptors (Lipinski definition) is 4. The first kappa shape index (κ1) is 11.2. The van der Waals surface area contributed by atoms with Crippen molar-refractivity contribution in [3.05, 3.63) is 0 Å². The predicted octanol–water partition coefficient (Wildman–Crippen LogP) is -0.564. The van der Waals surface area contributed by atoms with Crippen LogP contribution in [0.3, 0.4) is 0 Å². The topological polar surface area (TPSA) is 82.1 Å². The quantitative estimate of drug-likeness (QED) is 0.226. The monoisotopic (exact) mass is 175 g/mol. The minimum atomic E-state index is -0.345. The van der Waals surface area contributed by atoms with Gasteiger partial charge in [0.05, 0.1) is 6.10 Å². The third-order valence-electron chi connectivity index (χ3n) is 1.45. The molecule has 72 valence electrons. The second-order valence-corrected chi connectivity index (χ2v) is 2.95. The molecule has 0 amide bonds. The van der Waals surface area contributed by atoms with Crippen LogP contribution in [0.5, 0.6) is 0 Å². The molecule has 0 radical (unpaired) electrons. The number of amidine groups is 1. The van der Waals surface area contributed by atoms with E-state index in [2.05, 4.69) is 5.16 Å². The molecule has 4 N–H and O–H groups in total. The van der Waals surface area contributed by atoms with Crippen molar-refractivity contribution >= 4 is 5.84 Å². The van der Waals surface area contributed by atoms with Crippen molar-refractivity contribution in [2.24, 2.45) is 10.9 Å². The highest BCUT2D eigenvalue weighted by molar-refractivity contribution is 5.79. The SMILES string of the molecule is CC(O)CN(C)CCC(N)=NO. The Bertz CT molecular complexity index is 148. The smallest absolute Gasteiger partial charge is 0.140 e. The molecule has 0 heterocycles. The molecule has 0 aromatic heterocycles. The largest absolute Gasteiger partial charge is 0.409 e. The standard InChI is InChI=1S/C7H17N3O2/c1-6(11)5-10(2)4-3-7(8)9-12/h6,11-12H,3-5H2,1-2H3,(H2,8,9). The Morgan fingerprint density at radius 1 is 1.67 bits per heavy atom. The summed E-state index contributed by atoms with van der Waals surface area (Å²) < 4.78 is 0. The van der Waals surface area contributed by atoms with E-state index in [9.17, 15) is 0 Å². The summed E-state index contributed by atoms with van der Waals surface area (Å²) in [6.07, 6.45) is 0.169. The Kier molecular flexibility index (Phi) is 5.40. The number of oxime groups is 1. The van der Waals surface area contributed by atoms with E-state index in [1.807, 2.05) is 11.9 Å². The van der Waals surface area contributed by atoms with Crippen LogP contribution in [-0.4, -0.2) is 47.3 Å². The third kappa shape index (κ3) is 5.94. The summed E-state index contributed by atoms with van der Waals surface area (Å²) in [6, 6.07) is 0. The molecule has 1 atom stereocenters. The van der Waals surface area contributed by atoms with Gasteiger partial charge in [-0.3, -0.25) is 0 Å². The number of rotatable bonds is 5. The van der Waals surface area contributed by atoms with Gasteiger partial charge in [0, 0.05) is 19.5 Å². The lowest BCUT2D eigenvalue weighted by Crippen LogP contribution is -2.30. The maximum atomic E-state index is 8.99. The van der Waals surface area contributed by atoms with E-state index >= 15 is 0 Å². The van der Waals surface area contributed by atoms with E-state index in [1.165, 1.54) is 0 Å². The van der Waals surface area contributed by atoms with Crippen LogP contribution in [0.15, 0.2) is 5.16 Å². The first-order valence-corrected chi connectivity index (χ1v) is 3.89. The Hall–Kier alpha value is -0.810. The second-order valence-electron chi connectivity index (χ2n) is 2.95. The van der Waals surface area contributed by atoms with E-state index in [0.717, 1.165) is 0 Å². The van der Waals surface area contributed by atoms with Crippen LogP contribution in [0.1, 0.15) is 13.3 Å². The van der Waals surface area contributed by atoms with Gasteiger partial charge in [0.25, 0.3) is 0 Å². The number of aliphatic hydroxyl groups excluding tert-OH is 1. The number of likely N-dealkylation sites (N-methyl/N-ethyl adjacent to an activating group) is 1. The predicted molar refractivity (Wildman–Crippen MR) is 47.2 cm³/mol. The van der Waals surface area contributed by atoms with Crippen molar-refractivity contribution < 1.29 is 10.3 Å². The summed E-state index contributed by atoms with van der Waals surface area (Å²) in [5.74, 6) is 0.215. The van der Waals surface area contributed by atoms with Crippen LogP contribution in [0.2, 0.25) is 0 Å². The zero-order valence-electron chi connectivity index (χ0n) is 7.56. The molecule has 12 heavy (non-hydrogen) atoms. The van der Waals surface area contributed by atoms with Gasteiger partial charge in [-0.25, -0.2) is 0 Å². The fourth-order valence-electron chi connectivity index (χ4n) is 0.898. The van der Waals surface area contributed by atoms with Crippen molar-refractivity contribution in [2.45, 2.75) is 19.4 Å². The molecule has 0 rings (SSSR count). The molecule has 0 bridgehead atoms. The maximum Gasteiger partial charge on any atom is 0.140 e. The lowest BCUT2D eigenvalue weighted by atomic mass is 10.3. The van der Waals surface area contributed by atoms with Gasteiger partial charge < -0.3 is 20.9 Å². The van der Waals surface area contributed by atoms with Crippen LogP contribution >= 0.6 is 0 Å². The molecule has 0 aliphatic heterocycles. The molecule has 0 aliphatic rings. The van der Waals surface area contributed by atoms with Crippen LogP contribution in [0.4, 0.5) is 0 Å². The zero-order chi connectivity index (χ0) is 9.56. The van der Waals surface area contributed by atoms with Crippen LogP contribution in [0.25, 0.3) is 0 Å². The van der Waals surface area contributed by atoms with E-state index in [-0.39, 0.29) is 11.9 Å². The highest BCUT2D eigenvalue weighted by atomic mass is 16.4. The Balaban J connectivity index is 3.50. The molecule has 0 spiro atoms. The summed E-state index contributed by atoms with van der Waals surface area (Å²) in [6.45, 7) is 3.00. The summed E-state index contributed by atoms with van der Waals surface area (Å²) in [5.41, 5.74) is 5.26. The second kappa shape index (κ2) is 5.79. The first-order chi connectivity index (χ1) is 5.56. The van der Waals surface area contributed by atoms with Crippen molar-refractivity contribution in [1.29, 1.82) is 0 Å². The molecular weight excluding hydrogens is 158 g/mol. The van der Waals surface area contributed by atoms with Gasteiger partial charge in [-0.1, -0.05) is 5.16 Å². The van der Waals surface area contributed by atoms with Crippen molar-refractivity contribution in [3.63, 3.8) is 0 Å². The molecular formula is C7H17N3O2. The highest BCUT2D eigenvalue weighted by Crippen LogP contribution is 1.90. The number of nitrogens with two attached hydrogens (primary N) is 1. The molecule has 0 aromatic carbocycles. The maximum absolute atomic E-state index is 8.99. The van der Waals surface area contributed by atoms with Gasteiger partial charge in [0.2, 0.25) is 0 Å². The average Bonchev–Trinajstić information content (AvgIpc) is 1.99. The minimum absolute atomic E-state index is 0.215. The van der Waals surface area contributed by atoms with E-state index in [1.54, 1.807) is 6.92 Å². The lowest BCUT2D eigenvalue weighted by Gasteiger charge is -2.17. The van der Waals surface area contributed by atoms with Gasteiger partial charge in [-0.15, -0.1) is 0 Å². The first-order valence-electron chi connectivity index (χ1n) is 3.89. The fourth-order valence-corrected chi connectivity index (χ4v) is 0.898. The molecule has 5 heteroatoms. The van der Waals surface area contributed by atoms with E-state index in [0.29, 0.717) is 19.5 Å². The molecule has 5 nitrogen and oxygen atoms in total. The van der Waals surface area contributed by atoms with Gasteiger partial charge in [-0.05, 0) is 14.0 Å². The molecule has 0 aromatic rings. The molecule has 1 unspecified atom stereocenters. The van der Waals surface area contributed by atoms with Crippen LogP contribution in [0, 0.1) is 0 Å². The van der Waals surface area contributed by atoms with E-state index in [4.69, 9.17) is 16.0 Å². The Morgan fingerprint density at radius 2 is 2.25 bits per heavy atom. The van der Waals surface area contributed by atoms with Crippen LogP contribution in [-0.2, 0) is 0 Å². The van der Waals surface area contributed by atoms with Gasteiger partial charge in [-0.2, -0.15) is 0 Å². The summed E-state index contributed by atoms with van der Waals surface area (Å²) >= 11 is 0. The van der Waals surface area contributed by atoms with Gasteiger partial charge in [0.1, 0.15) is 5.84 Å². The highest BCUT2D eigenvalue weighted by Gasteiger charge is 2.03. The normalized spacial score (nSPS) is 15.2. The average molecular weight is 175 g/mol. The summed E-state index contributed by atoms with van der Waals surface area (Å²) in [4.78, 5) is 1.92. The molecule has 0 aliphatic carbocycles. The summed E-state index contributed by atoms with van der Waals surface area (Å²) in [7, 11) is 1.87. The van der Waals surface area contributed by atoms with Crippen molar-refractivity contribution in [3.8, 4) is 0 Å². The molecule has 0 saturated carbocycles. The van der Waals surface area contributed by atoms with Gasteiger partial charge >= 0.3 is 0 Å². The molecule has 0 fully saturated rings. The van der Waals surface area contributed by atoms with Crippen LogP contribution < -0.4 is 5.73 Å². The zero-order valence-corrected chi connectivity index (χ0v) is 7.56. The summed E-state index contributed by atoms with van der Waals surface area (Å²) in [5, 5.41) is 20.1. The number of hydrogen-bond donors (Lipinski definition) is 3. The Morgan fingerprint density at radius 3 is 2.67 bits per heavy atom. The fraction of sp³-hybridized carbons (Fsp3) is 0.857. The molecule has 0 saturated heterocycles. The number of aliphatic hydroxyl groups is 1. The van der Waals surface area contributed by atoms with Crippen molar-refractivity contribution in [1.82, 2.24) is 4.90 Å². The van der Waals surface area contributed by atoms with Crippen molar-refractivity contribution in [2.75, 3.05) is 20.1 Å². The minimum Gasteiger partial charge on any atom is -0.409 e. The Labute approximate surface area is 72.5 Å². The van der Waals surface area contributed by atoms with E-state index < -0.39 is 0 Å². The number of nitrogens with zero attached hydrogens (tertiary/aromatic N) is 2. The van der Waals surface area contributed by atoms with Gasteiger partial charge in [0.15, 0.2) is 0 Å². The lowest BCUT2D eigenvalue weighted by molar-refractivity contribution is 0.143. The third-order valence-corrected chi connectivity index (χ3v) is 1.45.